The lowest BCUT2D eigenvalue weighted by Crippen LogP contribution is -2.30. The monoisotopic (exact) mass is 358 g/mol. The van der Waals surface area contributed by atoms with Crippen LogP contribution in [0.5, 0.6) is 11.5 Å². The van der Waals surface area contributed by atoms with E-state index < -0.39 is 6.10 Å². The van der Waals surface area contributed by atoms with Crippen molar-refractivity contribution in [2.75, 3.05) is 13.2 Å². The molecule has 2 aromatic rings. The van der Waals surface area contributed by atoms with Crippen LogP contribution in [0.25, 0.3) is 0 Å². The van der Waals surface area contributed by atoms with Gasteiger partial charge in [0.25, 0.3) is 0 Å². The van der Waals surface area contributed by atoms with E-state index in [0.717, 1.165) is 11.1 Å². The number of rotatable bonds is 8. The summed E-state index contributed by atoms with van der Waals surface area (Å²) in [5, 5.41) is 28.2. The molecular formula is C21H26O5. The van der Waals surface area contributed by atoms with E-state index in [0.29, 0.717) is 18.8 Å². The number of epoxide rings is 1. The van der Waals surface area contributed by atoms with Crippen LogP contribution in [0.3, 0.4) is 0 Å². The van der Waals surface area contributed by atoms with Crippen molar-refractivity contribution in [1.82, 2.24) is 0 Å². The van der Waals surface area contributed by atoms with Gasteiger partial charge in [0.05, 0.1) is 19.3 Å². The zero-order chi connectivity index (χ0) is 18.7. The van der Waals surface area contributed by atoms with Crippen LogP contribution in [0, 0.1) is 0 Å². The predicted molar refractivity (Wildman–Crippen MR) is 98.5 cm³/mol. The number of hydrogen-bond acceptors (Lipinski definition) is 5. The zero-order valence-electron chi connectivity index (χ0n) is 15.1. The van der Waals surface area contributed by atoms with E-state index in [2.05, 4.69) is 13.8 Å². The third-order valence-corrected chi connectivity index (χ3v) is 4.94. The molecule has 1 saturated heterocycles. The molecule has 1 aliphatic rings. The van der Waals surface area contributed by atoms with Gasteiger partial charge in [-0.25, -0.2) is 0 Å². The van der Waals surface area contributed by atoms with Gasteiger partial charge >= 0.3 is 0 Å². The first-order valence-electron chi connectivity index (χ1n) is 8.87. The lowest BCUT2D eigenvalue weighted by Gasteiger charge is -2.27. The molecular weight excluding hydrogens is 332 g/mol. The van der Waals surface area contributed by atoms with E-state index in [9.17, 15) is 10.2 Å². The lowest BCUT2D eigenvalue weighted by atomic mass is 9.78. The van der Waals surface area contributed by atoms with Crippen LogP contribution in [0.15, 0.2) is 48.5 Å². The van der Waals surface area contributed by atoms with Crippen molar-refractivity contribution in [3.8, 4) is 11.5 Å². The normalized spacial score (nSPS) is 19.0. The number of aliphatic hydroxyl groups is 2. The minimum Gasteiger partial charge on any atom is -0.508 e. The van der Waals surface area contributed by atoms with E-state index in [1.54, 1.807) is 12.1 Å². The fourth-order valence-corrected chi connectivity index (χ4v) is 3.06. The molecule has 0 radical (unpaired) electrons. The summed E-state index contributed by atoms with van der Waals surface area (Å²) in [6.07, 6.45) is -0.767. The van der Waals surface area contributed by atoms with Crippen LogP contribution < -0.4 is 4.74 Å². The van der Waals surface area contributed by atoms with Gasteiger partial charge in [-0.3, -0.25) is 0 Å². The smallest absolute Gasteiger partial charge is 0.130 e. The number of phenolic OH excluding ortho intramolecular Hbond substituents is 1. The summed E-state index contributed by atoms with van der Waals surface area (Å²) < 4.78 is 11.3. The molecule has 140 valence electrons. The second-order valence-corrected chi connectivity index (χ2v) is 7.30. The molecule has 3 rings (SSSR count). The van der Waals surface area contributed by atoms with Crippen molar-refractivity contribution in [3.63, 3.8) is 0 Å². The Morgan fingerprint density at radius 2 is 1.62 bits per heavy atom. The van der Waals surface area contributed by atoms with E-state index in [1.165, 1.54) is 0 Å². The average molecular weight is 358 g/mol. The third-order valence-electron chi connectivity index (χ3n) is 4.94. The van der Waals surface area contributed by atoms with Crippen LogP contribution in [0.4, 0.5) is 0 Å². The van der Waals surface area contributed by atoms with Gasteiger partial charge in [-0.15, -0.1) is 0 Å². The van der Waals surface area contributed by atoms with Crippen LogP contribution in [-0.4, -0.2) is 46.8 Å². The molecule has 0 aromatic heterocycles. The Balaban J connectivity index is 1.72. The second kappa shape index (κ2) is 7.66. The van der Waals surface area contributed by atoms with Gasteiger partial charge in [0.2, 0.25) is 0 Å². The largest absolute Gasteiger partial charge is 0.508 e. The molecule has 1 fully saturated rings. The summed E-state index contributed by atoms with van der Waals surface area (Å²) in [4.78, 5) is 0. The first kappa shape index (κ1) is 18.7. The molecule has 0 spiro atoms. The number of benzene rings is 2. The number of hydrogen-bond donors (Lipinski definition) is 3. The van der Waals surface area contributed by atoms with E-state index in [-0.39, 0.29) is 30.0 Å². The van der Waals surface area contributed by atoms with Crippen molar-refractivity contribution in [2.24, 2.45) is 0 Å². The molecule has 0 bridgehead atoms. The maximum Gasteiger partial charge on any atom is 0.130 e. The third kappa shape index (κ3) is 4.36. The maximum atomic E-state index is 9.68. The molecule has 2 aromatic carbocycles. The summed E-state index contributed by atoms with van der Waals surface area (Å²) >= 11 is 0. The Hall–Kier alpha value is -2.08. The zero-order valence-corrected chi connectivity index (χ0v) is 15.1. The van der Waals surface area contributed by atoms with Gasteiger partial charge in [-0.2, -0.15) is 0 Å². The molecule has 1 aliphatic heterocycles. The standard InChI is InChI=1S/C21H26O5/c1-21(2,14-3-7-16(23)8-4-14)15-5-9-18(10-6-15)26-19(20-13-25-20)11-17(24)12-22/h3-10,17,19-20,22-24H,11-13H2,1-2H3. The van der Waals surface area contributed by atoms with Gasteiger partial charge in [0.15, 0.2) is 0 Å². The van der Waals surface area contributed by atoms with E-state index in [1.807, 2.05) is 36.4 Å². The SMILES string of the molecule is CC(C)(c1ccc(O)cc1)c1ccc(OC(CC(O)CO)C2CO2)cc1. The predicted octanol–water partition coefficient (Wildman–Crippen LogP) is 2.61. The quantitative estimate of drug-likeness (QED) is 0.632. The molecule has 3 N–H and O–H groups in total. The van der Waals surface area contributed by atoms with Crippen molar-refractivity contribution in [2.45, 2.75) is 44.0 Å². The summed E-state index contributed by atoms with van der Waals surface area (Å²) in [6, 6.07) is 15.1. The molecule has 26 heavy (non-hydrogen) atoms. The molecule has 3 unspecified atom stereocenters. The van der Waals surface area contributed by atoms with Crippen molar-refractivity contribution < 1.29 is 24.8 Å². The first-order valence-corrected chi connectivity index (χ1v) is 8.87. The molecule has 0 saturated carbocycles. The molecule has 5 heteroatoms. The molecule has 0 amide bonds. The molecule has 3 atom stereocenters. The minimum atomic E-state index is -0.808. The highest BCUT2D eigenvalue weighted by atomic mass is 16.6. The van der Waals surface area contributed by atoms with Gasteiger partial charge in [0.1, 0.15) is 23.7 Å². The maximum absolute atomic E-state index is 9.68. The van der Waals surface area contributed by atoms with Crippen LogP contribution in [-0.2, 0) is 10.2 Å². The Morgan fingerprint density at radius 1 is 1.08 bits per heavy atom. The van der Waals surface area contributed by atoms with Crippen LogP contribution in [0.1, 0.15) is 31.4 Å². The van der Waals surface area contributed by atoms with Gasteiger partial charge < -0.3 is 24.8 Å². The fourth-order valence-electron chi connectivity index (χ4n) is 3.06. The summed E-state index contributed by atoms with van der Waals surface area (Å²) in [6.45, 7) is 4.60. The molecule has 1 heterocycles. The molecule has 0 aliphatic carbocycles. The van der Waals surface area contributed by atoms with Gasteiger partial charge in [-0.05, 0) is 35.4 Å². The van der Waals surface area contributed by atoms with Gasteiger partial charge in [-0.1, -0.05) is 38.1 Å². The average Bonchev–Trinajstić information content (AvgIpc) is 3.47. The van der Waals surface area contributed by atoms with Crippen LogP contribution >= 0.6 is 0 Å². The summed E-state index contributed by atoms with van der Waals surface area (Å²) in [5.41, 5.74) is 2.03. The van der Waals surface area contributed by atoms with Crippen molar-refractivity contribution >= 4 is 0 Å². The number of aliphatic hydroxyl groups excluding tert-OH is 2. The summed E-state index contributed by atoms with van der Waals surface area (Å²) in [7, 11) is 0. The Labute approximate surface area is 153 Å². The van der Waals surface area contributed by atoms with Crippen molar-refractivity contribution in [1.29, 1.82) is 0 Å². The first-order chi connectivity index (χ1) is 12.4. The Morgan fingerprint density at radius 3 is 2.12 bits per heavy atom. The second-order valence-electron chi connectivity index (χ2n) is 7.30. The highest BCUT2D eigenvalue weighted by molar-refractivity contribution is 5.41. The topological polar surface area (TPSA) is 82.5 Å². The Bertz CT molecular complexity index is 704. The van der Waals surface area contributed by atoms with Crippen LogP contribution in [0.2, 0.25) is 0 Å². The Kier molecular flexibility index (Phi) is 5.51. The number of phenols is 1. The van der Waals surface area contributed by atoms with E-state index in [4.69, 9.17) is 14.6 Å². The number of aromatic hydroxyl groups is 1. The van der Waals surface area contributed by atoms with E-state index >= 15 is 0 Å². The molecule has 5 nitrogen and oxygen atoms in total. The fraction of sp³-hybridized carbons (Fsp3) is 0.429. The highest BCUT2D eigenvalue weighted by Gasteiger charge is 2.36. The van der Waals surface area contributed by atoms with Gasteiger partial charge in [0, 0.05) is 11.8 Å². The lowest BCUT2D eigenvalue weighted by molar-refractivity contribution is 0.0408. The summed E-state index contributed by atoms with van der Waals surface area (Å²) in [5.74, 6) is 0.965. The minimum absolute atomic E-state index is 0.0238. The number of ether oxygens (including phenoxy) is 2. The highest BCUT2D eigenvalue weighted by Crippen LogP contribution is 2.33. The van der Waals surface area contributed by atoms with Crippen molar-refractivity contribution in [3.05, 3.63) is 59.7 Å².